The van der Waals surface area contributed by atoms with Gasteiger partial charge in [0.1, 0.15) is 11.4 Å². The number of aliphatic hydroxyl groups is 1. The number of likely N-dealkylation sites (tertiary alicyclic amines) is 1. The summed E-state index contributed by atoms with van der Waals surface area (Å²) in [5.41, 5.74) is 1.97. The molecule has 3 nitrogen and oxygen atoms in total. The van der Waals surface area contributed by atoms with Gasteiger partial charge in [0.25, 0.3) is 0 Å². The van der Waals surface area contributed by atoms with Gasteiger partial charge < -0.3 is 14.7 Å². The van der Waals surface area contributed by atoms with Crippen LogP contribution in [0.2, 0.25) is 0 Å². The molecule has 2 unspecified atom stereocenters. The monoisotopic (exact) mass is 289 g/mol. The third-order valence-corrected chi connectivity index (χ3v) is 5.08. The first-order chi connectivity index (χ1) is 9.99. The molecule has 116 valence electrons. The Kier molecular flexibility index (Phi) is 3.98. The molecule has 3 heteroatoms. The normalized spacial score (nSPS) is 30.0. The van der Waals surface area contributed by atoms with E-state index in [2.05, 4.69) is 37.8 Å². The van der Waals surface area contributed by atoms with Crippen molar-refractivity contribution in [3.8, 4) is 5.75 Å². The molecule has 2 heterocycles. The van der Waals surface area contributed by atoms with Gasteiger partial charge in [-0.3, -0.25) is 0 Å². The predicted octanol–water partition coefficient (Wildman–Crippen LogP) is 3.44. The van der Waals surface area contributed by atoms with Gasteiger partial charge in [-0.05, 0) is 58.7 Å². The topological polar surface area (TPSA) is 32.7 Å². The second-order valence-electron chi connectivity index (χ2n) is 7.03. The summed E-state index contributed by atoms with van der Waals surface area (Å²) >= 11 is 0. The van der Waals surface area contributed by atoms with Crippen molar-refractivity contribution >= 4 is 0 Å². The molecule has 2 aliphatic rings. The Morgan fingerprint density at radius 3 is 2.86 bits per heavy atom. The van der Waals surface area contributed by atoms with E-state index >= 15 is 0 Å². The molecule has 1 aromatic rings. The smallest absolute Gasteiger partial charge is 0.125 e. The van der Waals surface area contributed by atoms with E-state index < -0.39 is 0 Å². The summed E-state index contributed by atoms with van der Waals surface area (Å²) in [6.07, 6.45) is 3.54. The fourth-order valence-electron chi connectivity index (χ4n) is 3.77. The van der Waals surface area contributed by atoms with E-state index in [1.165, 1.54) is 5.56 Å². The van der Waals surface area contributed by atoms with Crippen molar-refractivity contribution in [3.05, 3.63) is 29.3 Å². The average Bonchev–Trinajstić information content (AvgIpc) is 2.63. The molecule has 1 fully saturated rings. The van der Waals surface area contributed by atoms with Crippen LogP contribution >= 0.6 is 0 Å². The van der Waals surface area contributed by atoms with E-state index in [0.717, 1.165) is 50.1 Å². The molecule has 2 aliphatic heterocycles. The Labute approximate surface area is 127 Å². The van der Waals surface area contributed by atoms with Crippen molar-refractivity contribution in [3.63, 3.8) is 0 Å². The summed E-state index contributed by atoms with van der Waals surface area (Å²) in [5.74, 6) is 0.886. The molecule has 1 spiro atoms. The highest BCUT2D eigenvalue weighted by atomic mass is 16.5. The lowest BCUT2D eigenvalue weighted by Gasteiger charge is -2.40. The van der Waals surface area contributed by atoms with Gasteiger partial charge in [-0.15, -0.1) is 0 Å². The highest BCUT2D eigenvalue weighted by Crippen LogP contribution is 2.44. The molecule has 0 bridgehead atoms. The van der Waals surface area contributed by atoms with Gasteiger partial charge in [0.2, 0.25) is 0 Å². The Bertz CT molecular complexity index is 514. The fraction of sp³-hybridized carbons (Fsp3) is 0.667. The minimum absolute atomic E-state index is 0.175. The zero-order chi connectivity index (χ0) is 15.0. The van der Waals surface area contributed by atoms with Crippen molar-refractivity contribution in [1.29, 1.82) is 0 Å². The summed E-state index contributed by atoms with van der Waals surface area (Å²) in [7, 11) is 0. The lowest BCUT2D eigenvalue weighted by atomic mass is 9.83. The lowest BCUT2D eigenvalue weighted by molar-refractivity contribution is -0.0243. The maximum absolute atomic E-state index is 10.6. The van der Waals surface area contributed by atoms with Crippen LogP contribution in [0.4, 0.5) is 0 Å². The molecule has 1 N–H and O–H groups in total. The third kappa shape index (κ3) is 2.95. The summed E-state index contributed by atoms with van der Waals surface area (Å²) in [6, 6.07) is 6.74. The number of hydrogen-bond donors (Lipinski definition) is 1. The van der Waals surface area contributed by atoms with E-state index in [0.29, 0.717) is 6.04 Å². The maximum atomic E-state index is 10.6. The fourth-order valence-corrected chi connectivity index (χ4v) is 3.77. The summed E-state index contributed by atoms with van der Waals surface area (Å²) in [4.78, 5) is 2.52. The number of benzene rings is 1. The minimum atomic E-state index is -0.390. The molecule has 0 aliphatic carbocycles. The first kappa shape index (κ1) is 14.9. The quantitative estimate of drug-likeness (QED) is 0.859. The molecule has 21 heavy (non-hydrogen) atoms. The lowest BCUT2D eigenvalue weighted by Crippen LogP contribution is -2.42. The van der Waals surface area contributed by atoms with Gasteiger partial charge >= 0.3 is 0 Å². The van der Waals surface area contributed by atoms with Crippen molar-refractivity contribution in [2.75, 3.05) is 13.1 Å². The van der Waals surface area contributed by atoms with Crippen LogP contribution < -0.4 is 4.74 Å². The Hall–Kier alpha value is -1.06. The first-order valence-electron chi connectivity index (χ1n) is 8.21. The van der Waals surface area contributed by atoms with Crippen LogP contribution in [-0.4, -0.2) is 34.7 Å². The summed E-state index contributed by atoms with van der Waals surface area (Å²) in [6.45, 7) is 8.77. The number of hydrogen-bond acceptors (Lipinski definition) is 3. The number of aryl methyl sites for hydroxylation is 1. The average molecular weight is 289 g/mol. The third-order valence-electron chi connectivity index (χ3n) is 5.08. The second-order valence-corrected chi connectivity index (χ2v) is 7.03. The largest absolute Gasteiger partial charge is 0.487 e. The predicted molar refractivity (Wildman–Crippen MR) is 84.7 cm³/mol. The van der Waals surface area contributed by atoms with Gasteiger partial charge in [0.15, 0.2) is 0 Å². The SMILES string of the molecule is Cc1ccc2c(c1)C(O)CC1(CCCN(C(C)C)CC1)O2. The molecular formula is C18H27NO2. The Morgan fingerprint density at radius 2 is 2.10 bits per heavy atom. The zero-order valence-corrected chi connectivity index (χ0v) is 13.4. The molecule has 0 aromatic heterocycles. The maximum Gasteiger partial charge on any atom is 0.125 e. The standard InChI is InChI=1S/C18H27NO2/c1-13(2)19-9-4-7-18(8-10-19)12-16(20)15-11-14(3)5-6-17(15)21-18/h5-6,11,13,16,20H,4,7-10,12H2,1-3H3. The van der Waals surface area contributed by atoms with E-state index in [1.54, 1.807) is 0 Å². The molecule has 0 saturated carbocycles. The van der Waals surface area contributed by atoms with Gasteiger partial charge in [-0.2, -0.15) is 0 Å². The summed E-state index contributed by atoms with van der Waals surface area (Å²) < 4.78 is 6.41. The van der Waals surface area contributed by atoms with Crippen LogP contribution in [-0.2, 0) is 0 Å². The summed E-state index contributed by atoms with van der Waals surface area (Å²) in [5, 5.41) is 10.6. The molecular weight excluding hydrogens is 262 g/mol. The van der Waals surface area contributed by atoms with Gasteiger partial charge in [-0.1, -0.05) is 11.6 Å². The highest BCUT2D eigenvalue weighted by Gasteiger charge is 2.41. The van der Waals surface area contributed by atoms with Crippen LogP contribution in [0.25, 0.3) is 0 Å². The molecule has 3 rings (SSSR count). The van der Waals surface area contributed by atoms with E-state index in [1.807, 2.05) is 6.07 Å². The van der Waals surface area contributed by atoms with Gasteiger partial charge in [0.05, 0.1) is 6.10 Å². The van der Waals surface area contributed by atoms with E-state index in [-0.39, 0.29) is 11.7 Å². The van der Waals surface area contributed by atoms with Gasteiger partial charge in [0, 0.05) is 24.6 Å². The Morgan fingerprint density at radius 1 is 1.29 bits per heavy atom. The van der Waals surface area contributed by atoms with Crippen LogP contribution in [0.5, 0.6) is 5.75 Å². The number of fused-ring (bicyclic) bond motifs is 1. The number of nitrogens with zero attached hydrogens (tertiary/aromatic N) is 1. The molecule has 1 saturated heterocycles. The number of rotatable bonds is 1. The minimum Gasteiger partial charge on any atom is -0.487 e. The van der Waals surface area contributed by atoms with Crippen LogP contribution in [0.15, 0.2) is 18.2 Å². The molecule has 0 amide bonds. The van der Waals surface area contributed by atoms with Crippen LogP contribution in [0.3, 0.4) is 0 Å². The molecule has 0 radical (unpaired) electrons. The second kappa shape index (κ2) is 5.62. The highest BCUT2D eigenvalue weighted by molar-refractivity contribution is 5.41. The number of ether oxygens (including phenoxy) is 1. The van der Waals surface area contributed by atoms with Crippen molar-refractivity contribution < 1.29 is 9.84 Å². The zero-order valence-electron chi connectivity index (χ0n) is 13.4. The van der Waals surface area contributed by atoms with Crippen LogP contribution in [0.1, 0.15) is 56.8 Å². The van der Waals surface area contributed by atoms with Crippen molar-refractivity contribution in [1.82, 2.24) is 4.90 Å². The van der Waals surface area contributed by atoms with Crippen molar-refractivity contribution in [2.45, 2.75) is 64.2 Å². The number of aliphatic hydroxyl groups excluding tert-OH is 1. The molecule has 1 aromatic carbocycles. The first-order valence-corrected chi connectivity index (χ1v) is 8.21. The molecule has 2 atom stereocenters. The van der Waals surface area contributed by atoms with E-state index in [4.69, 9.17) is 4.74 Å². The van der Waals surface area contributed by atoms with Crippen molar-refractivity contribution in [2.24, 2.45) is 0 Å². The Balaban J connectivity index is 1.82. The van der Waals surface area contributed by atoms with E-state index in [9.17, 15) is 5.11 Å². The van der Waals surface area contributed by atoms with Gasteiger partial charge in [-0.25, -0.2) is 0 Å². The van der Waals surface area contributed by atoms with Crippen LogP contribution in [0, 0.1) is 6.92 Å².